The Morgan fingerprint density at radius 3 is 1.75 bits per heavy atom. The van der Waals surface area contributed by atoms with Gasteiger partial charge in [0.25, 0.3) is 0 Å². The van der Waals surface area contributed by atoms with Crippen molar-refractivity contribution in [2.24, 2.45) is 0 Å². The standard InChI is InChI=1S/C12H21N2OP/c1-10(2)13-16(15,14-11(3)4)12-8-6-5-7-9-12/h5-11H,1-4H3,(H2,13,14,15). The van der Waals surface area contributed by atoms with Gasteiger partial charge >= 0.3 is 0 Å². The van der Waals surface area contributed by atoms with Crippen molar-refractivity contribution in [3.8, 4) is 0 Å². The van der Waals surface area contributed by atoms with Crippen LogP contribution in [0.4, 0.5) is 0 Å². The molecule has 0 aliphatic rings. The van der Waals surface area contributed by atoms with E-state index in [2.05, 4.69) is 10.2 Å². The minimum Gasteiger partial charge on any atom is -0.284 e. The lowest BCUT2D eigenvalue weighted by Gasteiger charge is -2.25. The SMILES string of the molecule is CC(C)NP(=O)(NC(C)C)c1ccccc1. The highest BCUT2D eigenvalue weighted by Gasteiger charge is 2.25. The van der Waals surface area contributed by atoms with E-state index in [1.54, 1.807) is 0 Å². The zero-order chi connectivity index (χ0) is 12.2. The van der Waals surface area contributed by atoms with Crippen LogP contribution in [0, 0.1) is 0 Å². The van der Waals surface area contributed by atoms with Crippen LogP contribution in [0.1, 0.15) is 27.7 Å². The largest absolute Gasteiger partial charge is 0.284 e. The Balaban J connectivity index is 3.00. The van der Waals surface area contributed by atoms with Crippen LogP contribution in [0.2, 0.25) is 0 Å². The quantitative estimate of drug-likeness (QED) is 0.777. The molecule has 0 aliphatic heterocycles. The molecule has 1 aromatic carbocycles. The van der Waals surface area contributed by atoms with Crippen molar-refractivity contribution in [3.05, 3.63) is 30.3 Å². The third-order valence-electron chi connectivity index (χ3n) is 2.00. The van der Waals surface area contributed by atoms with Gasteiger partial charge in [-0.25, -0.2) is 10.2 Å². The van der Waals surface area contributed by atoms with Crippen LogP contribution in [-0.4, -0.2) is 12.1 Å². The Morgan fingerprint density at radius 2 is 1.38 bits per heavy atom. The number of nitrogens with one attached hydrogen (secondary N) is 2. The van der Waals surface area contributed by atoms with Crippen molar-refractivity contribution in [1.82, 2.24) is 10.2 Å². The Morgan fingerprint density at radius 1 is 0.938 bits per heavy atom. The molecule has 0 aromatic heterocycles. The van der Waals surface area contributed by atoms with Crippen LogP contribution in [-0.2, 0) is 4.57 Å². The van der Waals surface area contributed by atoms with Gasteiger partial charge in [0.1, 0.15) is 0 Å². The predicted octanol–water partition coefficient (Wildman–Crippen LogP) is 2.50. The molecule has 3 nitrogen and oxygen atoms in total. The summed E-state index contributed by atoms with van der Waals surface area (Å²) in [5.41, 5.74) is 0. The van der Waals surface area contributed by atoms with E-state index in [4.69, 9.17) is 0 Å². The first-order valence-electron chi connectivity index (χ1n) is 5.65. The molecule has 0 saturated heterocycles. The van der Waals surface area contributed by atoms with Gasteiger partial charge < -0.3 is 0 Å². The molecular weight excluding hydrogens is 219 g/mol. The fourth-order valence-corrected chi connectivity index (χ4v) is 3.97. The first kappa shape index (κ1) is 13.4. The Labute approximate surface area is 98.1 Å². The van der Waals surface area contributed by atoms with Crippen molar-refractivity contribution in [1.29, 1.82) is 0 Å². The second kappa shape index (κ2) is 5.62. The lowest BCUT2D eigenvalue weighted by Crippen LogP contribution is -2.36. The van der Waals surface area contributed by atoms with Gasteiger partial charge in [0, 0.05) is 17.4 Å². The summed E-state index contributed by atoms with van der Waals surface area (Å²) < 4.78 is 12.8. The predicted molar refractivity (Wildman–Crippen MR) is 70.2 cm³/mol. The van der Waals surface area contributed by atoms with Crippen LogP contribution < -0.4 is 15.5 Å². The molecule has 0 bridgehead atoms. The Hall–Kier alpha value is -0.630. The van der Waals surface area contributed by atoms with Gasteiger partial charge in [-0.2, -0.15) is 0 Å². The molecule has 90 valence electrons. The van der Waals surface area contributed by atoms with Gasteiger partial charge in [-0.1, -0.05) is 18.2 Å². The van der Waals surface area contributed by atoms with E-state index >= 15 is 0 Å². The fourth-order valence-electron chi connectivity index (χ4n) is 1.55. The third kappa shape index (κ3) is 3.75. The number of benzene rings is 1. The molecule has 0 atom stereocenters. The van der Waals surface area contributed by atoms with Crippen molar-refractivity contribution >= 4 is 12.7 Å². The molecule has 0 saturated carbocycles. The van der Waals surface area contributed by atoms with Crippen LogP contribution in [0.15, 0.2) is 30.3 Å². The second-order valence-corrected chi connectivity index (χ2v) is 6.76. The monoisotopic (exact) mass is 240 g/mol. The van der Waals surface area contributed by atoms with E-state index in [1.165, 1.54) is 0 Å². The molecule has 2 N–H and O–H groups in total. The maximum Gasteiger partial charge on any atom is 0.241 e. The third-order valence-corrected chi connectivity index (χ3v) is 4.79. The molecule has 16 heavy (non-hydrogen) atoms. The molecule has 1 rings (SSSR count). The summed E-state index contributed by atoms with van der Waals surface area (Å²) in [6, 6.07) is 9.89. The van der Waals surface area contributed by atoms with E-state index in [0.29, 0.717) is 0 Å². The van der Waals surface area contributed by atoms with Crippen LogP contribution in [0.5, 0.6) is 0 Å². The smallest absolute Gasteiger partial charge is 0.241 e. The van der Waals surface area contributed by atoms with Gasteiger partial charge in [-0.3, -0.25) is 4.57 Å². The first-order chi connectivity index (χ1) is 7.44. The van der Waals surface area contributed by atoms with Gasteiger partial charge in [0.15, 0.2) is 0 Å². The van der Waals surface area contributed by atoms with E-state index in [-0.39, 0.29) is 12.1 Å². The van der Waals surface area contributed by atoms with E-state index in [0.717, 1.165) is 5.30 Å². The summed E-state index contributed by atoms with van der Waals surface area (Å²) in [6.45, 7) is 7.99. The van der Waals surface area contributed by atoms with Crippen molar-refractivity contribution in [3.63, 3.8) is 0 Å². The molecule has 4 heteroatoms. The molecule has 0 fully saturated rings. The van der Waals surface area contributed by atoms with Crippen molar-refractivity contribution in [2.75, 3.05) is 0 Å². The fraction of sp³-hybridized carbons (Fsp3) is 0.500. The Kier molecular flexibility index (Phi) is 4.72. The van der Waals surface area contributed by atoms with Gasteiger partial charge in [0.05, 0.1) is 0 Å². The second-order valence-electron chi connectivity index (χ2n) is 4.51. The lowest BCUT2D eigenvalue weighted by atomic mass is 10.4. The summed E-state index contributed by atoms with van der Waals surface area (Å²) in [5.74, 6) is 0. The molecule has 0 unspecified atom stereocenters. The van der Waals surface area contributed by atoms with E-state index in [9.17, 15) is 4.57 Å². The highest BCUT2D eigenvalue weighted by molar-refractivity contribution is 7.67. The first-order valence-corrected chi connectivity index (χ1v) is 7.36. The minimum absolute atomic E-state index is 0.178. The number of hydrogen-bond acceptors (Lipinski definition) is 1. The molecule has 0 radical (unpaired) electrons. The highest BCUT2D eigenvalue weighted by Crippen LogP contribution is 2.35. The molecule has 1 aromatic rings. The highest BCUT2D eigenvalue weighted by atomic mass is 31.2. The topological polar surface area (TPSA) is 41.1 Å². The maximum atomic E-state index is 12.8. The van der Waals surface area contributed by atoms with Crippen LogP contribution >= 0.6 is 7.44 Å². The average molecular weight is 240 g/mol. The number of rotatable bonds is 5. The Bertz CT molecular complexity index is 349. The van der Waals surface area contributed by atoms with Crippen molar-refractivity contribution in [2.45, 2.75) is 39.8 Å². The van der Waals surface area contributed by atoms with Crippen molar-refractivity contribution < 1.29 is 4.57 Å². The average Bonchev–Trinajstić information content (AvgIpc) is 2.16. The zero-order valence-electron chi connectivity index (χ0n) is 10.4. The number of hydrogen-bond donors (Lipinski definition) is 2. The molecule has 0 amide bonds. The summed E-state index contributed by atoms with van der Waals surface area (Å²) in [7, 11) is -2.68. The molecule has 0 spiro atoms. The maximum absolute atomic E-state index is 12.8. The summed E-state index contributed by atoms with van der Waals surface area (Å²) >= 11 is 0. The molecule has 0 aliphatic carbocycles. The van der Waals surface area contributed by atoms with Crippen LogP contribution in [0.3, 0.4) is 0 Å². The van der Waals surface area contributed by atoms with Gasteiger partial charge in [0.2, 0.25) is 7.44 Å². The normalized spacial score (nSPS) is 12.4. The van der Waals surface area contributed by atoms with E-state index < -0.39 is 7.44 Å². The lowest BCUT2D eigenvalue weighted by molar-refractivity contribution is 0.543. The summed E-state index contributed by atoms with van der Waals surface area (Å²) in [4.78, 5) is 0. The zero-order valence-corrected chi connectivity index (χ0v) is 11.3. The summed E-state index contributed by atoms with van der Waals surface area (Å²) in [5, 5.41) is 7.13. The molecular formula is C12H21N2OP. The van der Waals surface area contributed by atoms with Crippen LogP contribution in [0.25, 0.3) is 0 Å². The minimum atomic E-state index is -2.68. The molecule has 0 heterocycles. The van der Waals surface area contributed by atoms with E-state index in [1.807, 2.05) is 58.0 Å². The summed E-state index contributed by atoms with van der Waals surface area (Å²) in [6.07, 6.45) is 0. The van der Waals surface area contributed by atoms with Gasteiger partial charge in [-0.05, 0) is 39.8 Å². The van der Waals surface area contributed by atoms with Gasteiger partial charge in [-0.15, -0.1) is 0 Å².